The van der Waals surface area contributed by atoms with Crippen LogP contribution in [0.3, 0.4) is 0 Å². The van der Waals surface area contributed by atoms with E-state index in [1.807, 2.05) is 6.92 Å². The summed E-state index contributed by atoms with van der Waals surface area (Å²) in [5.41, 5.74) is 6.31. The summed E-state index contributed by atoms with van der Waals surface area (Å²) in [4.78, 5) is 12.4. The number of aromatic nitrogens is 4. The van der Waals surface area contributed by atoms with E-state index in [4.69, 9.17) is 15.2 Å². The SMILES string of the molecule is C[C@@H]1C2OC[C@]1(CO)O[C@H]2n1cnc2c(N)ncnc21. The van der Waals surface area contributed by atoms with Crippen LogP contribution in [0.2, 0.25) is 0 Å². The van der Waals surface area contributed by atoms with Gasteiger partial charge in [-0.2, -0.15) is 0 Å². The van der Waals surface area contributed by atoms with Gasteiger partial charge in [0.15, 0.2) is 17.7 Å². The molecule has 0 aliphatic carbocycles. The molecule has 4 atom stereocenters. The summed E-state index contributed by atoms with van der Waals surface area (Å²) >= 11 is 0. The van der Waals surface area contributed by atoms with Gasteiger partial charge in [0, 0.05) is 5.92 Å². The van der Waals surface area contributed by atoms with Crippen molar-refractivity contribution >= 4 is 17.0 Å². The number of ether oxygens (including phenoxy) is 2. The molecule has 2 aromatic heterocycles. The van der Waals surface area contributed by atoms with Gasteiger partial charge >= 0.3 is 0 Å². The minimum atomic E-state index is -0.634. The van der Waals surface area contributed by atoms with Gasteiger partial charge in [0.05, 0.1) is 19.5 Å². The molecule has 20 heavy (non-hydrogen) atoms. The van der Waals surface area contributed by atoms with Crippen molar-refractivity contribution in [1.82, 2.24) is 19.5 Å². The Kier molecular flexibility index (Phi) is 2.33. The fourth-order valence-corrected chi connectivity index (χ4v) is 3.09. The predicted molar refractivity (Wildman–Crippen MR) is 68.6 cm³/mol. The molecule has 106 valence electrons. The maximum Gasteiger partial charge on any atom is 0.167 e. The van der Waals surface area contributed by atoms with Gasteiger partial charge in [-0.25, -0.2) is 15.0 Å². The first-order valence-corrected chi connectivity index (χ1v) is 6.49. The number of hydrogen-bond donors (Lipinski definition) is 2. The van der Waals surface area contributed by atoms with Gasteiger partial charge in [-0.15, -0.1) is 0 Å². The van der Waals surface area contributed by atoms with E-state index in [1.165, 1.54) is 6.33 Å². The number of nitrogen functional groups attached to an aromatic ring is 1. The van der Waals surface area contributed by atoms with E-state index < -0.39 is 5.60 Å². The molecule has 2 aromatic rings. The summed E-state index contributed by atoms with van der Waals surface area (Å²) in [5, 5.41) is 9.61. The van der Waals surface area contributed by atoms with Crippen LogP contribution in [-0.4, -0.2) is 49.5 Å². The van der Waals surface area contributed by atoms with E-state index in [0.717, 1.165) is 0 Å². The molecular formula is C12H15N5O3. The Bertz CT molecular complexity index is 674. The van der Waals surface area contributed by atoms with Crippen LogP contribution in [0.4, 0.5) is 5.82 Å². The van der Waals surface area contributed by atoms with Gasteiger partial charge in [0.25, 0.3) is 0 Å². The number of fused-ring (bicyclic) bond motifs is 3. The molecule has 0 saturated carbocycles. The van der Waals surface area contributed by atoms with Gasteiger partial charge in [0.2, 0.25) is 0 Å². The normalized spacial score (nSPS) is 36.0. The van der Waals surface area contributed by atoms with Crippen molar-refractivity contribution in [3.63, 3.8) is 0 Å². The highest BCUT2D eigenvalue weighted by Gasteiger charge is 2.59. The second-order valence-corrected chi connectivity index (χ2v) is 5.38. The Balaban J connectivity index is 1.80. The summed E-state index contributed by atoms with van der Waals surface area (Å²) in [6, 6.07) is 0. The van der Waals surface area contributed by atoms with E-state index in [2.05, 4.69) is 15.0 Å². The lowest BCUT2D eigenvalue weighted by Crippen LogP contribution is -2.40. The number of hydrogen-bond acceptors (Lipinski definition) is 7. The van der Waals surface area contributed by atoms with E-state index in [1.54, 1.807) is 10.9 Å². The highest BCUT2D eigenvalue weighted by atomic mass is 16.6. The molecule has 0 aromatic carbocycles. The van der Waals surface area contributed by atoms with Crippen LogP contribution in [0.25, 0.3) is 11.2 Å². The molecule has 2 aliphatic rings. The molecule has 1 unspecified atom stereocenters. The molecule has 2 saturated heterocycles. The number of anilines is 1. The summed E-state index contributed by atoms with van der Waals surface area (Å²) in [6.45, 7) is 2.37. The van der Waals surface area contributed by atoms with Gasteiger partial charge < -0.3 is 20.3 Å². The monoisotopic (exact) mass is 277 g/mol. The van der Waals surface area contributed by atoms with Gasteiger partial charge in [-0.05, 0) is 0 Å². The lowest BCUT2D eigenvalue weighted by molar-refractivity contribution is -0.183. The Morgan fingerprint density at radius 3 is 3.10 bits per heavy atom. The molecule has 8 nitrogen and oxygen atoms in total. The minimum absolute atomic E-state index is 0.0646. The van der Waals surface area contributed by atoms with Gasteiger partial charge in [-0.3, -0.25) is 4.57 Å². The lowest BCUT2D eigenvalue weighted by Gasteiger charge is -2.30. The van der Waals surface area contributed by atoms with Crippen molar-refractivity contribution in [3.8, 4) is 0 Å². The Labute approximate surface area is 114 Å². The highest BCUT2D eigenvalue weighted by molar-refractivity contribution is 5.81. The standard InChI is InChI=1S/C12H15N5O3/c1-6-8-11(20-12(6,2-18)3-19-8)17-5-16-7-9(13)14-4-15-10(7)17/h4-6,8,11,18H,2-3H2,1H3,(H2,13,14,15)/t6-,8?,11-,12+/m1/s1. The third-order valence-electron chi connectivity index (χ3n) is 4.41. The zero-order valence-electron chi connectivity index (χ0n) is 10.9. The third-order valence-corrected chi connectivity index (χ3v) is 4.41. The second kappa shape index (κ2) is 3.87. The molecule has 4 heterocycles. The van der Waals surface area contributed by atoms with Crippen LogP contribution in [0, 0.1) is 5.92 Å². The number of imidazole rings is 1. The maximum atomic E-state index is 9.61. The number of aliphatic hydroxyl groups excluding tert-OH is 1. The van der Waals surface area contributed by atoms with Crippen molar-refractivity contribution in [2.75, 3.05) is 18.9 Å². The topological polar surface area (TPSA) is 108 Å². The highest BCUT2D eigenvalue weighted by Crippen LogP contribution is 2.49. The van der Waals surface area contributed by atoms with Gasteiger partial charge in [0.1, 0.15) is 23.5 Å². The Morgan fingerprint density at radius 2 is 2.35 bits per heavy atom. The first-order valence-electron chi connectivity index (χ1n) is 6.49. The number of rotatable bonds is 2. The van der Waals surface area contributed by atoms with Gasteiger partial charge in [-0.1, -0.05) is 6.92 Å². The largest absolute Gasteiger partial charge is 0.393 e. The molecule has 2 bridgehead atoms. The second-order valence-electron chi connectivity index (χ2n) is 5.38. The van der Waals surface area contributed by atoms with Crippen LogP contribution < -0.4 is 5.73 Å². The zero-order valence-corrected chi connectivity index (χ0v) is 10.9. The van der Waals surface area contributed by atoms with E-state index in [9.17, 15) is 5.11 Å². The first-order chi connectivity index (χ1) is 9.66. The summed E-state index contributed by atoms with van der Waals surface area (Å²) < 4.78 is 13.6. The van der Waals surface area contributed by atoms with Crippen molar-refractivity contribution in [3.05, 3.63) is 12.7 Å². The van der Waals surface area contributed by atoms with Crippen molar-refractivity contribution in [1.29, 1.82) is 0 Å². The fraction of sp³-hybridized carbons (Fsp3) is 0.583. The van der Waals surface area contributed by atoms with Crippen molar-refractivity contribution in [2.24, 2.45) is 5.92 Å². The number of nitrogens with zero attached hydrogens (tertiary/aromatic N) is 4. The summed E-state index contributed by atoms with van der Waals surface area (Å²) in [7, 11) is 0. The number of nitrogens with two attached hydrogens (primary N) is 1. The quantitative estimate of drug-likeness (QED) is 0.776. The molecule has 3 N–H and O–H groups in total. The van der Waals surface area contributed by atoms with E-state index >= 15 is 0 Å². The number of aliphatic hydroxyl groups is 1. The minimum Gasteiger partial charge on any atom is -0.393 e. The maximum absolute atomic E-state index is 9.61. The molecule has 0 amide bonds. The van der Waals surface area contributed by atoms with Crippen LogP contribution in [-0.2, 0) is 9.47 Å². The zero-order chi connectivity index (χ0) is 13.9. The smallest absolute Gasteiger partial charge is 0.167 e. The lowest BCUT2D eigenvalue weighted by atomic mass is 9.91. The molecular weight excluding hydrogens is 262 g/mol. The average Bonchev–Trinajstić information content (AvgIpc) is 3.10. The Hall–Kier alpha value is -1.77. The van der Waals surface area contributed by atoms with E-state index in [0.29, 0.717) is 23.6 Å². The fourth-order valence-electron chi connectivity index (χ4n) is 3.09. The molecule has 4 rings (SSSR count). The van der Waals surface area contributed by atoms with Crippen LogP contribution in [0.1, 0.15) is 13.2 Å². The van der Waals surface area contributed by atoms with Crippen molar-refractivity contribution in [2.45, 2.75) is 24.9 Å². The van der Waals surface area contributed by atoms with Crippen LogP contribution >= 0.6 is 0 Å². The predicted octanol–water partition coefficient (Wildman–Crippen LogP) is -0.297. The summed E-state index contributed by atoms with van der Waals surface area (Å²) in [6.07, 6.45) is 2.54. The van der Waals surface area contributed by atoms with Crippen molar-refractivity contribution < 1.29 is 14.6 Å². The van der Waals surface area contributed by atoms with Crippen LogP contribution in [0.15, 0.2) is 12.7 Å². The molecule has 2 aliphatic heterocycles. The summed E-state index contributed by atoms with van der Waals surface area (Å²) in [5.74, 6) is 0.442. The molecule has 0 radical (unpaired) electrons. The first kappa shape index (κ1) is 12.0. The molecule has 0 spiro atoms. The van der Waals surface area contributed by atoms with E-state index in [-0.39, 0.29) is 24.9 Å². The van der Waals surface area contributed by atoms with Crippen LogP contribution in [0.5, 0.6) is 0 Å². The third kappa shape index (κ3) is 1.33. The Morgan fingerprint density at radius 1 is 1.50 bits per heavy atom. The molecule has 8 heteroatoms. The molecule has 2 fully saturated rings. The average molecular weight is 277 g/mol.